The molecule has 5 nitrogen and oxygen atoms in total. The largest absolute Gasteiger partial charge is 0.302 e. The molecule has 190 valence electrons. The Hall–Kier alpha value is -2.21. The molecular formula is C29H33Cl2N3O2. The van der Waals surface area contributed by atoms with Crippen LogP contribution in [-0.2, 0) is 16.1 Å². The fourth-order valence-electron chi connectivity index (χ4n) is 6.11. The van der Waals surface area contributed by atoms with Crippen molar-refractivity contribution in [2.75, 3.05) is 18.0 Å². The molecule has 2 aromatic rings. The number of carbonyl (C=O) groups excluding carboxylic acids is 2. The van der Waals surface area contributed by atoms with Crippen LogP contribution >= 0.6 is 23.2 Å². The van der Waals surface area contributed by atoms with Crippen molar-refractivity contribution in [2.24, 2.45) is 16.3 Å². The maximum absolute atomic E-state index is 13.7. The SMILES string of the molecule is CC(=O)N1c2ccc(CN3CCCCC3)cc2N=C2CC(C)(C)CC(=O)C2C1c1ccc(Cl)cc1Cl. The Morgan fingerprint density at radius 2 is 1.81 bits per heavy atom. The average Bonchev–Trinajstić information content (AvgIpc) is 2.93. The second-order valence-corrected chi connectivity index (χ2v) is 12.1. The lowest BCUT2D eigenvalue weighted by atomic mass is 9.68. The number of amides is 1. The minimum absolute atomic E-state index is 0.0913. The third-order valence-electron chi connectivity index (χ3n) is 7.65. The van der Waals surface area contributed by atoms with E-state index in [4.69, 9.17) is 28.2 Å². The highest BCUT2D eigenvalue weighted by molar-refractivity contribution is 6.35. The predicted octanol–water partition coefficient (Wildman–Crippen LogP) is 7.16. The highest BCUT2D eigenvalue weighted by Crippen LogP contribution is 2.49. The zero-order chi connectivity index (χ0) is 25.6. The molecule has 2 aliphatic heterocycles. The van der Waals surface area contributed by atoms with E-state index in [0.717, 1.165) is 31.0 Å². The first-order chi connectivity index (χ1) is 17.1. The van der Waals surface area contributed by atoms with E-state index >= 15 is 0 Å². The van der Waals surface area contributed by atoms with Gasteiger partial charge in [0, 0.05) is 35.6 Å². The summed E-state index contributed by atoms with van der Waals surface area (Å²) in [5, 5.41) is 0.959. The first kappa shape index (κ1) is 25.4. The molecule has 36 heavy (non-hydrogen) atoms. The minimum Gasteiger partial charge on any atom is -0.302 e. The number of piperidine rings is 1. The van der Waals surface area contributed by atoms with Gasteiger partial charge in [-0.3, -0.25) is 19.5 Å². The molecule has 3 aliphatic rings. The Kier molecular flexibility index (Phi) is 7.01. The molecule has 1 amide bonds. The molecule has 0 bridgehead atoms. The van der Waals surface area contributed by atoms with Crippen LogP contribution in [0.4, 0.5) is 11.4 Å². The third kappa shape index (κ3) is 4.98. The van der Waals surface area contributed by atoms with Crippen molar-refractivity contribution in [3.8, 4) is 0 Å². The van der Waals surface area contributed by atoms with E-state index in [1.165, 1.54) is 24.8 Å². The number of likely N-dealkylation sites (tertiary alicyclic amines) is 1. The van der Waals surface area contributed by atoms with Gasteiger partial charge in [0.2, 0.25) is 5.91 Å². The van der Waals surface area contributed by atoms with Crippen LogP contribution in [0.3, 0.4) is 0 Å². The Morgan fingerprint density at radius 1 is 1.06 bits per heavy atom. The smallest absolute Gasteiger partial charge is 0.224 e. The molecule has 0 spiro atoms. The summed E-state index contributed by atoms with van der Waals surface area (Å²) in [6.07, 6.45) is 4.87. The third-order valence-corrected chi connectivity index (χ3v) is 8.21. The number of Topliss-reactive ketones (excluding diaryl/α,β-unsaturated/α-hetero) is 1. The van der Waals surface area contributed by atoms with Gasteiger partial charge in [0.1, 0.15) is 5.78 Å². The van der Waals surface area contributed by atoms with Gasteiger partial charge in [-0.2, -0.15) is 0 Å². The summed E-state index contributed by atoms with van der Waals surface area (Å²) in [6, 6.07) is 10.9. The Morgan fingerprint density at radius 3 is 2.50 bits per heavy atom. The van der Waals surface area contributed by atoms with Crippen LogP contribution < -0.4 is 4.90 Å². The highest BCUT2D eigenvalue weighted by Gasteiger charge is 2.47. The lowest BCUT2D eigenvalue weighted by molar-refractivity contribution is -0.124. The molecule has 1 aliphatic carbocycles. The molecule has 0 N–H and O–H groups in total. The van der Waals surface area contributed by atoms with Crippen molar-refractivity contribution >= 4 is 52.0 Å². The molecule has 1 saturated carbocycles. The first-order valence-corrected chi connectivity index (χ1v) is 13.6. The monoisotopic (exact) mass is 525 g/mol. The van der Waals surface area contributed by atoms with Gasteiger partial charge < -0.3 is 4.90 Å². The normalized spacial score (nSPS) is 24.0. The van der Waals surface area contributed by atoms with Gasteiger partial charge in [0.15, 0.2) is 0 Å². The molecule has 2 heterocycles. The van der Waals surface area contributed by atoms with E-state index in [1.807, 2.05) is 12.1 Å². The minimum atomic E-state index is -0.580. The second-order valence-electron chi connectivity index (χ2n) is 11.2. The first-order valence-electron chi connectivity index (χ1n) is 12.8. The van der Waals surface area contributed by atoms with Crippen molar-refractivity contribution in [2.45, 2.75) is 65.5 Å². The number of benzene rings is 2. The lowest BCUT2D eigenvalue weighted by Crippen LogP contribution is -2.47. The lowest BCUT2D eigenvalue weighted by Gasteiger charge is -2.41. The molecule has 1 saturated heterocycles. The van der Waals surface area contributed by atoms with Gasteiger partial charge in [0.05, 0.1) is 23.3 Å². The van der Waals surface area contributed by atoms with Gasteiger partial charge in [-0.1, -0.05) is 55.6 Å². The van der Waals surface area contributed by atoms with Crippen LogP contribution in [0.5, 0.6) is 0 Å². The van der Waals surface area contributed by atoms with E-state index in [0.29, 0.717) is 34.1 Å². The van der Waals surface area contributed by atoms with E-state index in [-0.39, 0.29) is 17.1 Å². The van der Waals surface area contributed by atoms with E-state index in [9.17, 15) is 9.59 Å². The second kappa shape index (κ2) is 9.92. The standard InChI is InChI=1S/C29H33Cl2N3O2/c1-18(35)34-25-10-7-19(17-33-11-5-4-6-12-33)13-23(25)32-24-15-29(2,3)16-26(36)27(24)28(34)21-9-8-20(30)14-22(21)31/h7-10,13-14,27-28H,4-6,11-12,15-17H2,1-3H3. The van der Waals surface area contributed by atoms with Gasteiger partial charge in [0.25, 0.3) is 0 Å². The van der Waals surface area contributed by atoms with Crippen LogP contribution in [0, 0.1) is 11.3 Å². The summed E-state index contributed by atoms with van der Waals surface area (Å²) in [7, 11) is 0. The number of halogens is 2. The number of aliphatic imine (C=N–C) groups is 1. The van der Waals surface area contributed by atoms with Crippen LogP contribution in [0.1, 0.15) is 70.0 Å². The summed E-state index contributed by atoms with van der Waals surface area (Å²) in [5.41, 5.74) is 3.98. The quantitative estimate of drug-likeness (QED) is 0.426. The number of hydrogen-bond acceptors (Lipinski definition) is 4. The summed E-state index contributed by atoms with van der Waals surface area (Å²) in [6.45, 7) is 8.83. The summed E-state index contributed by atoms with van der Waals surface area (Å²) < 4.78 is 0. The predicted molar refractivity (Wildman–Crippen MR) is 147 cm³/mol. The fraction of sp³-hybridized carbons (Fsp3) is 0.483. The molecule has 0 aromatic heterocycles. The number of rotatable bonds is 3. The molecular weight excluding hydrogens is 493 g/mol. The number of nitrogens with zero attached hydrogens (tertiary/aromatic N) is 3. The molecule has 2 aromatic carbocycles. The van der Waals surface area contributed by atoms with Gasteiger partial charge >= 0.3 is 0 Å². The zero-order valence-electron chi connectivity index (χ0n) is 21.2. The zero-order valence-corrected chi connectivity index (χ0v) is 22.7. The van der Waals surface area contributed by atoms with Crippen molar-refractivity contribution in [1.82, 2.24) is 4.90 Å². The average molecular weight is 527 g/mol. The number of carbonyl (C=O) groups is 2. The Labute approximate surface area is 223 Å². The van der Waals surface area contributed by atoms with Crippen LogP contribution in [0.2, 0.25) is 10.0 Å². The van der Waals surface area contributed by atoms with E-state index in [2.05, 4.69) is 30.9 Å². The molecule has 2 unspecified atom stereocenters. The molecule has 0 radical (unpaired) electrons. The van der Waals surface area contributed by atoms with Crippen molar-refractivity contribution in [3.05, 3.63) is 57.6 Å². The van der Waals surface area contributed by atoms with E-state index < -0.39 is 12.0 Å². The Bertz CT molecular complexity index is 1230. The maximum Gasteiger partial charge on any atom is 0.224 e. The van der Waals surface area contributed by atoms with Crippen LogP contribution in [0.25, 0.3) is 0 Å². The Balaban J connectivity index is 1.67. The van der Waals surface area contributed by atoms with Crippen molar-refractivity contribution in [1.29, 1.82) is 0 Å². The maximum atomic E-state index is 13.7. The summed E-state index contributed by atoms with van der Waals surface area (Å²) in [5.74, 6) is -0.614. The highest BCUT2D eigenvalue weighted by atomic mass is 35.5. The number of fused-ring (bicyclic) bond motifs is 2. The summed E-state index contributed by atoms with van der Waals surface area (Å²) >= 11 is 12.9. The molecule has 2 atom stereocenters. The van der Waals surface area contributed by atoms with Gasteiger partial charge in [-0.05, 0) is 73.2 Å². The molecule has 5 rings (SSSR count). The van der Waals surface area contributed by atoms with Crippen molar-refractivity contribution < 1.29 is 9.59 Å². The number of ketones is 1. The molecule has 2 fully saturated rings. The van der Waals surface area contributed by atoms with Crippen LogP contribution in [0.15, 0.2) is 41.4 Å². The number of anilines is 1. The van der Waals surface area contributed by atoms with Crippen LogP contribution in [-0.4, -0.2) is 35.4 Å². The van der Waals surface area contributed by atoms with Gasteiger partial charge in [-0.25, -0.2) is 0 Å². The van der Waals surface area contributed by atoms with E-state index in [1.54, 1.807) is 24.0 Å². The summed E-state index contributed by atoms with van der Waals surface area (Å²) in [4.78, 5) is 36.3. The fourth-order valence-corrected chi connectivity index (χ4v) is 6.63. The number of hydrogen-bond donors (Lipinski definition) is 0. The van der Waals surface area contributed by atoms with Crippen molar-refractivity contribution in [3.63, 3.8) is 0 Å². The van der Waals surface area contributed by atoms with Gasteiger partial charge in [-0.15, -0.1) is 0 Å². The molecule has 7 heteroatoms. The topological polar surface area (TPSA) is 53.0 Å².